The second-order valence-electron chi connectivity index (χ2n) is 7.55. The Bertz CT molecular complexity index is 1180. The topological polar surface area (TPSA) is 264 Å². The van der Waals surface area contributed by atoms with Crippen LogP contribution in [0.1, 0.15) is 11.8 Å². The normalized spacial score (nSPS) is 21.4. The Labute approximate surface area is 210 Å². The second kappa shape index (κ2) is 12.4. The number of aliphatic hydroxyl groups excluding tert-OH is 1. The van der Waals surface area contributed by atoms with Crippen molar-refractivity contribution in [3.63, 3.8) is 0 Å². The monoisotopic (exact) mass is 529 g/mol. The maximum absolute atomic E-state index is 12.7. The summed E-state index contributed by atoms with van der Waals surface area (Å²) in [6, 6.07) is 4.77. The van der Waals surface area contributed by atoms with Crippen molar-refractivity contribution in [1.29, 1.82) is 0 Å². The number of carboxylic acids is 1. The molecule has 15 nitrogen and oxygen atoms in total. The van der Waals surface area contributed by atoms with Crippen LogP contribution in [-0.2, 0) is 20.7 Å². The maximum Gasteiger partial charge on any atom is 0.335 e. The van der Waals surface area contributed by atoms with Crippen LogP contribution in [0.15, 0.2) is 36.9 Å². The first-order valence-electron chi connectivity index (χ1n) is 9.98. The first-order valence-corrected chi connectivity index (χ1v) is 9.98. The Morgan fingerprint density at radius 1 is 1.22 bits per heavy atom. The summed E-state index contributed by atoms with van der Waals surface area (Å²) in [7, 11) is 1.55. The molecule has 1 fully saturated rings. The van der Waals surface area contributed by atoms with Crippen LogP contribution in [0.2, 0.25) is 0 Å². The number of fused-ring (bicyclic) bond motifs is 1. The smallest absolute Gasteiger partial charge is 0.335 e. The third kappa shape index (κ3) is 5.78. The van der Waals surface area contributed by atoms with Gasteiger partial charge in [0, 0.05) is 0 Å². The van der Waals surface area contributed by atoms with Crippen LogP contribution in [0.5, 0.6) is 5.75 Å². The Hall–Kier alpha value is -3.60. The van der Waals surface area contributed by atoms with Gasteiger partial charge in [-0.15, -0.1) is 12.4 Å². The van der Waals surface area contributed by atoms with Crippen molar-refractivity contribution < 1.29 is 40.2 Å². The van der Waals surface area contributed by atoms with E-state index < -0.39 is 42.4 Å². The van der Waals surface area contributed by atoms with Crippen molar-refractivity contribution in [3.05, 3.63) is 42.5 Å². The SMILES string of the molecule is COc1ccc(C[C@H](N)C(=O)N[C@H]2[C@@H](O)[C@H](n3cnc4c(N)ncnc43)O[C@@H]2C(=O)O)cc1.Cl.O.O. The van der Waals surface area contributed by atoms with Crippen LogP contribution in [0, 0.1) is 0 Å². The van der Waals surface area contributed by atoms with Gasteiger partial charge < -0.3 is 47.4 Å². The van der Waals surface area contributed by atoms with Gasteiger partial charge in [-0.2, -0.15) is 0 Å². The summed E-state index contributed by atoms with van der Waals surface area (Å²) in [4.78, 5) is 36.5. The number of benzene rings is 1. The average Bonchev–Trinajstić information content (AvgIpc) is 3.36. The number of hydrogen-bond acceptors (Lipinski definition) is 10. The molecule has 0 unspecified atom stereocenters. The van der Waals surface area contributed by atoms with Gasteiger partial charge >= 0.3 is 5.97 Å². The van der Waals surface area contributed by atoms with Gasteiger partial charge in [0.15, 0.2) is 23.8 Å². The van der Waals surface area contributed by atoms with Gasteiger partial charge in [-0.05, 0) is 24.1 Å². The molecule has 0 aliphatic carbocycles. The average molecular weight is 530 g/mol. The first-order chi connectivity index (χ1) is 15.8. The molecule has 36 heavy (non-hydrogen) atoms. The Balaban J connectivity index is 0.00000216. The minimum Gasteiger partial charge on any atom is -0.497 e. The van der Waals surface area contributed by atoms with Gasteiger partial charge in [0.05, 0.1) is 25.5 Å². The molecule has 16 heteroatoms. The molecule has 11 N–H and O–H groups in total. The van der Waals surface area contributed by atoms with Gasteiger partial charge in [-0.1, -0.05) is 12.1 Å². The van der Waals surface area contributed by atoms with Gasteiger partial charge in [0.1, 0.15) is 23.7 Å². The third-order valence-corrected chi connectivity index (χ3v) is 5.44. The lowest BCUT2D eigenvalue weighted by Gasteiger charge is -2.22. The number of halogens is 1. The van der Waals surface area contributed by atoms with E-state index >= 15 is 0 Å². The number of carbonyl (C=O) groups excluding carboxylic acids is 1. The number of imidazole rings is 1. The lowest BCUT2D eigenvalue weighted by Crippen LogP contribution is -2.54. The largest absolute Gasteiger partial charge is 0.497 e. The van der Waals surface area contributed by atoms with Gasteiger partial charge in [0.25, 0.3) is 0 Å². The molecule has 0 radical (unpaired) electrons. The van der Waals surface area contributed by atoms with Crippen molar-refractivity contribution in [1.82, 2.24) is 24.8 Å². The number of amides is 1. The molecule has 0 spiro atoms. The number of carbonyl (C=O) groups is 2. The second-order valence-corrected chi connectivity index (χ2v) is 7.55. The summed E-state index contributed by atoms with van der Waals surface area (Å²) in [6.07, 6.45) is -1.43. The minimum atomic E-state index is -1.53. The molecule has 5 atom stereocenters. The Morgan fingerprint density at radius 2 is 1.89 bits per heavy atom. The summed E-state index contributed by atoms with van der Waals surface area (Å²) in [5, 5.41) is 23.0. The number of aliphatic carboxylic acids is 1. The summed E-state index contributed by atoms with van der Waals surface area (Å²) in [5.74, 6) is -1.20. The molecule has 0 bridgehead atoms. The number of hydrogen-bond donors (Lipinski definition) is 5. The van der Waals surface area contributed by atoms with E-state index in [0.29, 0.717) is 5.75 Å². The zero-order valence-corrected chi connectivity index (χ0v) is 19.8. The number of nitrogens with one attached hydrogen (secondary N) is 1. The number of anilines is 1. The van der Waals surface area contributed by atoms with E-state index in [1.165, 1.54) is 17.2 Å². The zero-order valence-electron chi connectivity index (χ0n) is 18.9. The summed E-state index contributed by atoms with van der Waals surface area (Å²) >= 11 is 0. The van der Waals surface area contributed by atoms with E-state index in [9.17, 15) is 19.8 Å². The number of nitrogens with zero attached hydrogens (tertiary/aromatic N) is 4. The molecule has 1 aliphatic rings. The molecule has 1 amide bonds. The summed E-state index contributed by atoms with van der Waals surface area (Å²) < 4.78 is 12.0. The number of carboxylic acid groups (broad SMARTS) is 1. The van der Waals surface area contributed by atoms with Gasteiger partial charge in [-0.3, -0.25) is 9.36 Å². The quantitative estimate of drug-likeness (QED) is 0.215. The van der Waals surface area contributed by atoms with E-state index in [2.05, 4.69) is 20.3 Å². The molecule has 1 aromatic carbocycles. The fraction of sp³-hybridized carbons (Fsp3) is 0.350. The van der Waals surface area contributed by atoms with Crippen LogP contribution in [0.4, 0.5) is 5.82 Å². The highest BCUT2D eigenvalue weighted by Gasteiger charge is 2.49. The van der Waals surface area contributed by atoms with Gasteiger partial charge in [0.2, 0.25) is 5.91 Å². The number of aliphatic hydroxyl groups is 1. The molecule has 3 aromatic rings. The predicted molar refractivity (Wildman–Crippen MR) is 128 cm³/mol. The summed E-state index contributed by atoms with van der Waals surface area (Å²) in [5.41, 5.74) is 13.1. The molecular weight excluding hydrogens is 502 g/mol. The number of aromatic nitrogens is 4. The Kier molecular flexibility index (Phi) is 10.5. The highest BCUT2D eigenvalue weighted by atomic mass is 35.5. The number of methoxy groups -OCH3 is 1. The van der Waals surface area contributed by atoms with Crippen LogP contribution in [0.3, 0.4) is 0 Å². The standard InChI is InChI=1S/C20H23N7O6.ClH.2H2O/c1-32-10-4-2-9(3-5-10)6-11(21)18(29)26-12-14(28)19(33-15(12)20(30)31)27-8-25-13-16(22)23-7-24-17(13)27;;;/h2-5,7-8,11-12,14-15,19,28H,6,21H2,1H3,(H,26,29)(H,30,31)(H2,22,23,24);1H;2*1H2/t11-,12-,14+,15-,19+;;;/m0.../s1. The van der Waals surface area contributed by atoms with Crippen molar-refractivity contribution in [2.24, 2.45) is 5.73 Å². The number of nitrogen functional groups attached to an aromatic ring is 1. The molecule has 198 valence electrons. The molecule has 1 saturated heterocycles. The van der Waals surface area contributed by atoms with E-state index in [4.69, 9.17) is 20.9 Å². The van der Waals surface area contributed by atoms with Crippen LogP contribution < -0.4 is 21.5 Å². The lowest BCUT2D eigenvalue weighted by molar-refractivity contribution is -0.152. The van der Waals surface area contributed by atoms with Crippen LogP contribution >= 0.6 is 12.4 Å². The first kappa shape index (κ1) is 30.4. The highest BCUT2D eigenvalue weighted by molar-refractivity contribution is 5.85. The van der Waals surface area contributed by atoms with E-state index in [0.717, 1.165) is 5.56 Å². The Morgan fingerprint density at radius 3 is 2.50 bits per heavy atom. The van der Waals surface area contributed by atoms with Crippen LogP contribution in [-0.4, -0.2) is 84.0 Å². The summed E-state index contributed by atoms with van der Waals surface area (Å²) in [6.45, 7) is 0. The molecule has 4 rings (SSSR count). The van der Waals surface area contributed by atoms with Crippen molar-refractivity contribution in [3.8, 4) is 5.75 Å². The van der Waals surface area contributed by atoms with Crippen molar-refractivity contribution in [2.45, 2.75) is 36.9 Å². The minimum absolute atomic E-state index is 0. The van der Waals surface area contributed by atoms with Gasteiger partial charge in [-0.25, -0.2) is 19.7 Å². The number of rotatable bonds is 7. The third-order valence-electron chi connectivity index (χ3n) is 5.44. The van der Waals surface area contributed by atoms with Crippen molar-refractivity contribution in [2.75, 3.05) is 12.8 Å². The van der Waals surface area contributed by atoms with E-state index in [-0.39, 0.29) is 46.8 Å². The van der Waals surface area contributed by atoms with E-state index in [1.807, 2.05) is 0 Å². The lowest BCUT2D eigenvalue weighted by atomic mass is 10.0. The highest BCUT2D eigenvalue weighted by Crippen LogP contribution is 2.32. The number of ether oxygens (including phenoxy) is 2. The maximum atomic E-state index is 12.7. The molecule has 2 aromatic heterocycles. The van der Waals surface area contributed by atoms with Crippen molar-refractivity contribution >= 4 is 41.3 Å². The fourth-order valence-corrected chi connectivity index (χ4v) is 3.71. The molecule has 1 aliphatic heterocycles. The molecule has 3 heterocycles. The fourth-order valence-electron chi connectivity index (χ4n) is 3.71. The zero-order chi connectivity index (χ0) is 23.7. The van der Waals surface area contributed by atoms with Crippen LogP contribution in [0.25, 0.3) is 11.2 Å². The molecular formula is C20H28ClN7O8. The number of nitrogens with two attached hydrogens (primary N) is 2. The predicted octanol–water partition coefficient (Wildman–Crippen LogP) is -2.41. The van der Waals surface area contributed by atoms with E-state index in [1.54, 1.807) is 31.4 Å². The molecule has 0 saturated carbocycles.